The Balaban J connectivity index is 1.41. The topological polar surface area (TPSA) is 93.5 Å². The highest BCUT2D eigenvalue weighted by Crippen LogP contribution is 2.37. The molecular formula is C30H29ClN4O4. The molecule has 0 radical (unpaired) electrons. The van der Waals surface area contributed by atoms with Crippen molar-refractivity contribution in [1.29, 1.82) is 0 Å². The number of imide groups is 1. The number of carboxylic acid groups (broad SMARTS) is 1. The number of piperazine rings is 1. The first kappa shape index (κ1) is 26.6. The van der Waals surface area contributed by atoms with Crippen LogP contribution in [0.25, 0.3) is 0 Å². The molecule has 3 aromatic rings. The van der Waals surface area contributed by atoms with Crippen molar-refractivity contribution in [1.82, 2.24) is 14.7 Å². The summed E-state index contributed by atoms with van der Waals surface area (Å²) in [5.41, 5.74) is 2.94. The van der Waals surface area contributed by atoms with Crippen LogP contribution >= 0.6 is 11.6 Å². The number of hydrogen-bond acceptors (Lipinski definition) is 4. The van der Waals surface area contributed by atoms with Crippen LogP contribution in [-0.2, 0) is 4.79 Å². The van der Waals surface area contributed by atoms with Gasteiger partial charge in [0, 0.05) is 36.9 Å². The molecule has 0 bridgehead atoms. The van der Waals surface area contributed by atoms with Gasteiger partial charge < -0.3 is 10.0 Å². The average molecular weight is 545 g/mol. The van der Waals surface area contributed by atoms with Crippen LogP contribution in [0.5, 0.6) is 0 Å². The molecule has 5 rings (SSSR count). The summed E-state index contributed by atoms with van der Waals surface area (Å²) in [7, 11) is 0. The highest BCUT2D eigenvalue weighted by Gasteiger charge is 2.47. The minimum absolute atomic E-state index is 0.0177. The summed E-state index contributed by atoms with van der Waals surface area (Å²) in [4.78, 5) is 48.1. The molecule has 2 aliphatic rings. The molecule has 2 aliphatic heterocycles. The summed E-state index contributed by atoms with van der Waals surface area (Å²) in [6.45, 7) is 3.41. The fourth-order valence-corrected chi connectivity index (χ4v) is 5.72. The lowest BCUT2D eigenvalue weighted by Crippen LogP contribution is -2.57. The summed E-state index contributed by atoms with van der Waals surface area (Å²) in [5.74, 6) is -2.34. The van der Waals surface area contributed by atoms with Crippen LogP contribution in [0, 0.1) is 5.92 Å². The van der Waals surface area contributed by atoms with Crippen molar-refractivity contribution in [3.8, 4) is 0 Å². The van der Waals surface area contributed by atoms with Gasteiger partial charge in [-0.3, -0.25) is 9.69 Å². The molecule has 39 heavy (non-hydrogen) atoms. The van der Waals surface area contributed by atoms with E-state index in [1.165, 1.54) is 6.92 Å². The largest absolute Gasteiger partial charge is 0.481 e. The Morgan fingerprint density at radius 2 is 1.49 bits per heavy atom. The van der Waals surface area contributed by atoms with Crippen molar-refractivity contribution in [2.24, 2.45) is 10.9 Å². The van der Waals surface area contributed by atoms with E-state index in [-0.39, 0.29) is 11.8 Å². The number of carbonyl (C=O) groups excluding carboxylic acids is 2. The molecule has 3 aromatic carbocycles. The van der Waals surface area contributed by atoms with E-state index < -0.39 is 30.0 Å². The molecule has 2 heterocycles. The molecule has 0 saturated carbocycles. The number of carboxylic acids is 1. The Hall–Kier alpha value is -4.01. The summed E-state index contributed by atoms with van der Waals surface area (Å²) in [6.07, 6.45) is 0. The maximum Gasteiger partial charge on any atom is 0.352 e. The summed E-state index contributed by atoms with van der Waals surface area (Å²) >= 11 is 6.20. The van der Waals surface area contributed by atoms with Crippen LogP contribution < -0.4 is 0 Å². The van der Waals surface area contributed by atoms with Gasteiger partial charge in [0.15, 0.2) is 0 Å². The summed E-state index contributed by atoms with van der Waals surface area (Å²) in [6, 6.07) is 24.7. The van der Waals surface area contributed by atoms with Crippen LogP contribution in [0.15, 0.2) is 89.9 Å². The molecule has 1 fully saturated rings. The highest BCUT2D eigenvalue weighted by molar-refractivity contribution is 6.30. The maximum atomic E-state index is 13.8. The quantitative estimate of drug-likeness (QED) is 0.457. The number of benzene rings is 3. The molecule has 9 heteroatoms. The lowest BCUT2D eigenvalue weighted by molar-refractivity contribution is -0.141. The Kier molecular flexibility index (Phi) is 7.77. The zero-order valence-electron chi connectivity index (χ0n) is 21.5. The second-order valence-electron chi connectivity index (χ2n) is 9.75. The van der Waals surface area contributed by atoms with Gasteiger partial charge in [-0.05, 0) is 35.7 Å². The number of hydrogen-bond donors (Lipinski definition) is 1. The van der Waals surface area contributed by atoms with Gasteiger partial charge in [0.1, 0.15) is 5.92 Å². The first-order chi connectivity index (χ1) is 18.8. The molecule has 0 aliphatic carbocycles. The van der Waals surface area contributed by atoms with Crippen molar-refractivity contribution in [2.45, 2.75) is 19.0 Å². The van der Waals surface area contributed by atoms with Gasteiger partial charge in [-0.15, -0.1) is 0 Å². The van der Waals surface area contributed by atoms with Crippen LogP contribution in [0.1, 0.15) is 35.7 Å². The fourth-order valence-electron chi connectivity index (χ4n) is 5.53. The van der Waals surface area contributed by atoms with E-state index in [1.807, 2.05) is 36.4 Å². The number of nitrogens with zero attached hydrogens (tertiary/aromatic N) is 4. The normalized spacial score (nSPS) is 20.2. The van der Waals surface area contributed by atoms with Gasteiger partial charge in [-0.1, -0.05) is 84.4 Å². The van der Waals surface area contributed by atoms with Gasteiger partial charge >= 0.3 is 18.0 Å². The molecule has 4 amide bonds. The average Bonchev–Trinajstić information content (AvgIpc) is 2.94. The lowest BCUT2D eigenvalue weighted by Gasteiger charge is -2.43. The first-order valence-electron chi connectivity index (χ1n) is 12.8. The van der Waals surface area contributed by atoms with Crippen molar-refractivity contribution in [3.05, 3.63) is 107 Å². The number of urea groups is 2. The standard InChI is InChI=1S/C30H29ClN4O4/c1-20-25(28(36)37)27(23-13-8-14-24(31)19-23)35(29(38)32-20)30(39)34-17-15-33(16-18-34)26(21-9-4-2-5-10-21)22-11-6-3-7-12-22/h2-14,19,25-27H,15-18H2,1H3,(H,36,37). The van der Waals surface area contributed by atoms with Crippen LogP contribution in [-0.4, -0.2) is 69.7 Å². The van der Waals surface area contributed by atoms with E-state index in [0.717, 1.165) is 16.0 Å². The van der Waals surface area contributed by atoms with Crippen LogP contribution in [0.2, 0.25) is 5.02 Å². The summed E-state index contributed by atoms with van der Waals surface area (Å²) < 4.78 is 0. The smallest absolute Gasteiger partial charge is 0.352 e. The Bertz CT molecular complexity index is 1350. The second kappa shape index (κ2) is 11.4. The third-order valence-electron chi connectivity index (χ3n) is 7.36. The Morgan fingerprint density at radius 3 is 2.03 bits per heavy atom. The van der Waals surface area contributed by atoms with Crippen molar-refractivity contribution in [3.63, 3.8) is 0 Å². The predicted octanol–water partition coefficient (Wildman–Crippen LogP) is 5.51. The van der Waals surface area contributed by atoms with E-state index in [4.69, 9.17) is 11.6 Å². The minimum atomic E-state index is -1.17. The highest BCUT2D eigenvalue weighted by atomic mass is 35.5. The SMILES string of the molecule is CC1=NC(=O)N(C(=O)N2CCN(C(c3ccccc3)c3ccccc3)CC2)C(c2cccc(Cl)c2)C1C(=O)O. The molecule has 1 N–H and O–H groups in total. The number of halogens is 1. The lowest BCUT2D eigenvalue weighted by atomic mass is 9.87. The number of amides is 4. The van der Waals surface area contributed by atoms with Crippen LogP contribution in [0.3, 0.4) is 0 Å². The maximum absolute atomic E-state index is 13.8. The zero-order chi connectivity index (χ0) is 27.5. The van der Waals surface area contributed by atoms with Crippen molar-refractivity contribution < 1.29 is 19.5 Å². The molecule has 2 atom stereocenters. The molecule has 8 nitrogen and oxygen atoms in total. The van der Waals surface area contributed by atoms with Gasteiger partial charge in [-0.2, -0.15) is 0 Å². The Morgan fingerprint density at radius 1 is 0.897 bits per heavy atom. The van der Waals surface area contributed by atoms with E-state index in [9.17, 15) is 19.5 Å². The van der Waals surface area contributed by atoms with Gasteiger partial charge in [0.2, 0.25) is 0 Å². The van der Waals surface area contributed by atoms with Gasteiger partial charge in [0.25, 0.3) is 0 Å². The van der Waals surface area contributed by atoms with E-state index in [2.05, 4.69) is 34.2 Å². The van der Waals surface area contributed by atoms with Crippen molar-refractivity contribution in [2.75, 3.05) is 26.2 Å². The zero-order valence-corrected chi connectivity index (χ0v) is 22.2. The minimum Gasteiger partial charge on any atom is -0.481 e. The number of rotatable bonds is 5. The second-order valence-corrected chi connectivity index (χ2v) is 10.2. The van der Waals surface area contributed by atoms with E-state index in [1.54, 1.807) is 29.2 Å². The third kappa shape index (κ3) is 5.44. The van der Waals surface area contributed by atoms with E-state index >= 15 is 0 Å². The first-order valence-corrected chi connectivity index (χ1v) is 13.2. The Labute approximate surface area is 232 Å². The molecule has 0 aromatic heterocycles. The molecular weight excluding hydrogens is 516 g/mol. The molecule has 200 valence electrons. The number of aliphatic imine (C=N–C) groups is 1. The monoisotopic (exact) mass is 544 g/mol. The number of aliphatic carboxylic acids is 1. The van der Waals surface area contributed by atoms with E-state index in [0.29, 0.717) is 36.8 Å². The predicted molar refractivity (Wildman–Crippen MR) is 149 cm³/mol. The van der Waals surface area contributed by atoms with Crippen LogP contribution in [0.4, 0.5) is 9.59 Å². The molecule has 1 saturated heterocycles. The molecule has 2 unspecified atom stereocenters. The number of carbonyl (C=O) groups is 3. The third-order valence-corrected chi connectivity index (χ3v) is 7.60. The van der Waals surface area contributed by atoms with Crippen molar-refractivity contribution >= 4 is 35.3 Å². The fraction of sp³-hybridized carbons (Fsp3) is 0.267. The molecule has 0 spiro atoms. The van der Waals surface area contributed by atoms with Gasteiger partial charge in [0.05, 0.1) is 12.1 Å². The summed E-state index contributed by atoms with van der Waals surface area (Å²) in [5, 5.41) is 10.4. The van der Waals surface area contributed by atoms with Gasteiger partial charge in [-0.25, -0.2) is 19.5 Å².